The molecule has 1 nitrogen and oxygen atoms in total. The molecule has 4 rings (SSSR count). The molecular weight excluding hydrogens is 278 g/mol. The van der Waals surface area contributed by atoms with Crippen LogP contribution in [0.2, 0.25) is 0 Å². The van der Waals surface area contributed by atoms with Crippen molar-refractivity contribution in [2.24, 2.45) is 34.0 Å². The number of aromatic nitrogens is 1. The Labute approximate surface area is 142 Å². The normalized spacial score (nSPS) is 38.3. The Morgan fingerprint density at radius 3 is 2.17 bits per heavy atom. The molecule has 1 heteroatoms. The van der Waals surface area contributed by atoms with Crippen molar-refractivity contribution in [1.82, 2.24) is 4.98 Å². The first-order chi connectivity index (χ1) is 10.6. The van der Waals surface area contributed by atoms with Crippen LogP contribution in [0, 0.1) is 34.0 Å². The van der Waals surface area contributed by atoms with Crippen molar-refractivity contribution in [3.63, 3.8) is 0 Å². The minimum Gasteiger partial charge on any atom is -0.264 e. The van der Waals surface area contributed by atoms with Crippen LogP contribution in [0.5, 0.6) is 0 Å². The maximum absolute atomic E-state index is 4.44. The highest BCUT2D eigenvalue weighted by molar-refractivity contribution is 5.37. The van der Waals surface area contributed by atoms with E-state index in [0.29, 0.717) is 21.7 Å². The number of hydrogen-bond donors (Lipinski definition) is 0. The summed E-state index contributed by atoms with van der Waals surface area (Å²) in [6, 6.07) is 4.45. The molecule has 1 heterocycles. The third-order valence-corrected chi connectivity index (χ3v) is 7.88. The van der Waals surface area contributed by atoms with Gasteiger partial charge < -0.3 is 0 Å². The molecule has 3 aliphatic rings. The number of rotatable bonds is 3. The predicted octanol–water partition coefficient (Wildman–Crippen LogP) is 5.85. The van der Waals surface area contributed by atoms with Crippen molar-refractivity contribution in [1.29, 1.82) is 0 Å². The van der Waals surface area contributed by atoms with Crippen LogP contribution >= 0.6 is 0 Å². The van der Waals surface area contributed by atoms with E-state index >= 15 is 0 Å². The van der Waals surface area contributed by atoms with Crippen LogP contribution in [-0.4, -0.2) is 4.98 Å². The minimum absolute atomic E-state index is 0.326. The molecule has 0 saturated heterocycles. The lowest BCUT2D eigenvalue weighted by Crippen LogP contribution is -2.30. The third kappa shape index (κ3) is 2.07. The molecule has 4 unspecified atom stereocenters. The van der Waals surface area contributed by atoms with Crippen LogP contribution in [0.25, 0.3) is 0 Å². The second-order valence-corrected chi connectivity index (χ2v) is 10.7. The van der Waals surface area contributed by atoms with Gasteiger partial charge in [-0.25, -0.2) is 0 Å². The molecule has 23 heavy (non-hydrogen) atoms. The molecule has 0 amide bonds. The van der Waals surface area contributed by atoms with Gasteiger partial charge in [-0.1, -0.05) is 47.6 Å². The van der Waals surface area contributed by atoms with Gasteiger partial charge in [-0.15, -0.1) is 0 Å². The van der Waals surface area contributed by atoms with E-state index in [9.17, 15) is 0 Å². The standard InChI is InChI=1S/C22H33N/c1-19(2,3)21(9-10-21)17-12-16(17)18-13-22(18,20(4,5)6)15-8-7-11-23-14-15/h7-8,11,14,16-18H,9-10,12-13H2,1-6H3. The summed E-state index contributed by atoms with van der Waals surface area (Å²) < 4.78 is 0. The predicted molar refractivity (Wildman–Crippen MR) is 96.2 cm³/mol. The van der Waals surface area contributed by atoms with E-state index < -0.39 is 0 Å². The van der Waals surface area contributed by atoms with Gasteiger partial charge in [-0.3, -0.25) is 4.98 Å². The topological polar surface area (TPSA) is 12.9 Å². The second kappa shape index (κ2) is 4.41. The van der Waals surface area contributed by atoms with Gasteiger partial charge in [0.25, 0.3) is 0 Å². The first-order valence-electron chi connectivity index (χ1n) is 9.54. The highest BCUT2D eigenvalue weighted by Gasteiger charge is 2.73. The Kier molecular flexibility index (Phi) is 3.00. The van der Waals surface area contributed by atoms with E-state index in [2.05, 4.69) is 64.9 Å². The highest BCUT2D eigenvalue weighted by atomic mass is 14.8. The fourth-order valence-electron chi connectivity index (χ4n) is 6.17. The van der Waals surface area contributed by atoms with Gasteiger partial charge in [0.05, 0.1) is 0 Å². The molecule has 3 saturated carbocycles. The van der Waals surface area contributed by atoms with Crippen molar-refractivity contribution >= 4 is 0 Å². The molecular formula is C22H33N. The van der Waals surface area contributed by atoms with Crippen molar-refractivity contribution in [3.8, 4) is 0 Å². The van der Waals surface area contributed by atoms with Crippen molar-refractivity contribution in [2.45, 2.75) is 72.6 Å². The molecule has 0 aromatic carbocycles. The fourth-order valence-corrected chi connectivity index (χ4v) is 6.17. The summed E-state index contributed by atoms with van der Waals surface area (Å²) in [5, 5.41) is 0. The van der Waals surface area contributed by atoms with Crippen LogP contribution in [0.1, 0.15) is 72.8 Å². The van der Waals surface area contributed by atoms with E-state index in [1.165, 1.54) is 31.2 Å². The van der Waals surface area contributed by atoms with E-state index in [0.717, 1.165) is 17.8 Å². The van der Waals surface area contributed by atoms with Gasteiger partial charge >= 0.3 is 0 Å². The Balaban J connectivity index is 1.59. The molecule has 0 aliphatic heterocycles. The summed E-state index contributed by atoms with van der Waals surface area (Å²) in [6.45, 7) is 14.7. The molecule has 0 bridgehead atoms. The minimum atomic E-state index is 0.326. The van der Waals surface area contributed by atoms with Gasteiger partial charge in [0.1, 0.15) is 0 Å². The van der Waals surface area contributed by atoms with Crippen molar-refractivity contribution in [3.05, 3.63) is 30.1 Å². The SMILES string of the molecule is CC(C)(C)C1(C2CC2C2CC2(c2cccnc2)C(C)(C)C)CC1. The molecule has 1 aromatic heterocycles. The third-order valence-electron chi connectivity index (χ3n) is 7.88. The maximum atomic E-state index is 4.44. The zero-order valence-electron chi connectivity index (χ0n) is 15.8. The number of pyridine rings is 1. The number of nitrogens with zero attached hydrogens (tertiary/aromatic N) is 1. The van der Waals surface area contributed by atoms with Crippen LogP contribution in [0.15, 0.2) is 24.5 Å². The molecule has 3 fully saturated rings. The lowest BCUT2D eigenvalue weighted by Gasteiger charge is -2.34. The summed E-state index contributed by atoms with van der Waals surface area (Å²) in [5.74, 6) is 2.85. The van der Waals surface area contributed by atoms with Gasteiger partial charge in [-0.2, -0.15) is 0 Å². The monoisotopic (exact) mass is 311 g/mol. The Morgan fingerprint density at radius 2 is 1.70 bits per heavy atom. The van der Waals surface area contributed by atoms with Crippen molar-refractivity contribution in [2.75, 3.05) is 0 Å². The zero-order valence-corrected chi connectivity index (χ0v) is 15.8. The maximum Gasteiger partial charge on any atom is 0.0305 e. The first-order valence-corrected chi connectivity index (χ1v) is 9.54. The number of hydrogen-bond acceptors (Lipinski definition) is 1. The summed E-state index contributed by atoms with van der Waals surface area (Å²) in [4.78, 5) is 4.44. The Hall–Kier alpha value is -0.850. The molecule has 126 valence electrons. The Bertz CT molecular complexity index is 599. The van der Waals surface area contributed by atoms with E-state index in [1.807, 2.05) is 6.20 Å². The van der Waals surface area contributed by atoms with Crippen LogP contribution < -0.4 is 0 Å². The molecule has 0 N–H and O–H groups in total. The largest absolute Gasteiger partial charge is 0.264 e. The lowest BCUT2D eigenvalue weighted by molar-refractivity contribution is 0.167. The molecule has 0 radical (unpaired) electrons. The highest BCUT2D eigenvalue weighted by Crippen LogP contribution is 2.79. The zero-order chi connectivity index (χ0) is 16.7. The van der Waals surface area contributed by atoms with Crippen molar-refractivity contribution < 1.29 is 0 Å². The van der Waals surface area contributed by atoms with E-state index in [-0.39, 0.29) is 0 Å². The van der Waals surface area contributed by atoms with Gasteiger partial charge in [0, 0.05) is 17.8 Å². The van der Waals surface area contributed by atoms with Gasteiger partial charge in [0.15, 0.2) is 0 Å². The van der Waals surface area contributed by atoms with E-state index in [4.69, 9.17) is 0 Å². The lowest BCUT2D eigenvalue weighted by atomic mass is 9.70. The molecule has 3 aliphatic carbocycles. The van der Waals surface area contributed by atoms with E-state index in [1.54, 1.807) is 0 Å². The average Bonchev–Trinajstić information content (AvgIpc) is 3.34. The Morgan fingerprint density at radius 1 is 1.00 bits per heavy atom. The smallest absolute Gasteiger partial charge is 0.0305 e. The first kappa shape index (κ1) is 15.7. The summed E-state index contributed by atoms with van der Waals surface area (Å²) in [6.07, 6.45) is 9.86. The molecule has 0 spiro atoms. The molecule has 1 aromatic rings. The van der Waals surface area contributed by atoms with Crippen LogP contribution in [0.3, 0.4) is 0 Å². The van der Waals surface area contributed by atoms with Gasteiger partial charge in [0.2, 0.25) is 0 Å². The summed E-state index contributed by atoms with van der Waals surface area (Å²) in [5.41, 5.74) is 3.34. The molecule has 4 atom stereocenters. The van der Waals surface area contributed by atoms with Crippen LogP contribution in [-0.2, 0) is 5.41 Å². The van der Waals surface area contributed by atoms with Crippen LogP contribution in [0.4, 0.5) is 0 Å². The quantitative estimate of drug-likeness (QED) is 0.682. The van der Waals surface area contributed by atoms with Gasteiger partial charge in [-0.05, 0) is 71.3 Å². The summed E-state index contributed by atoms with van der Waals surface area (Å²) >= 11 is 0. The average molecular weight is 312 g/mol. The second-order valence-electron chi connectivity index (χ2n) is 10.7. The fraction of sp³-hybridized carbons (Fsp3) is 0.773. The summed E-state index contributed by atoms with van der Waals surface area (Å²) in [7, 11) is 0.